The zero-order chi connectivity index (χ0) is 58.6. The van der Waals surface area contributed by atoms with Crippen molar-refractivity contribution in [1.82, 2.24) is 9.80 Å². The molecule has 6 saturated heterocycles. The molecule has 0 radical (unpaired) electrons. The van der Waals surface area contributed by atoms with Crippen molar-refractivity contribution >= 4 is 47.8 Å². The van der Waals surface area contributed by atoms with Crippen molar-refractivity contribution in [1.29, 1.82) is 0 Å². The number of fused-ring (bicyclic) bond motifs is 7. The molecule has 4 saturated carbocycles. The van der Waals surface area contributed by atoms with Crippen molar-refractivity contribution < 1.29 is 99.9 Å². The average Bonchev–Trinajstić information content (AvgIpc) is 1.58. The van der Waals surface area contributed by atoms with Crippen molar-refractivity contribution in [2.45, 2.75) is 225 Å². The molecular weight excluding hydrogens is 1070 g/mol. The Hall–Kier alpha value is -4.68. The molecule has 23 heteroatoms. The summed E-state index contributed by atoms with van der Waals surface area (Å²) in [7, 11) is 0. The second-order valence-corrected chi connectivity index (χ2v) is 25.8. The lowest BCUT2D eigenvalue weighted by atomic mass is 9.44. The van der Waals surface area contributed by atoms with Crippen LogP contribution in [0.5, 0.6) is 0 Å². The van der Waals surface area contributed by atoms with Gasteiger partial charge in [0.05, 0.1) is 18.8 Å². The average molecular weight is 1160 g/mol. The summed E-state index contributed by atoms with van der Waals surface area (Å²) in [4.78, 5) is 110. The molecule has 0 N–H and O–H groups in total. The van der Waals surface area contributed by atoms with Crippen LogP contribution in [0, 0.1) is 52.3 Å². The summed E-state index contributed by atoms with van der Waals surface area (Å²) in [5, 5.41) is 0. The van der Waals surface area contributed by atoms with E-state index in [1.54, 1.807) is 0 Å². The molecule has 0 aromatic rings. The maximum absolute atomic E-state index is 15.0. The summed E-state index contributed by atoms with van der Waals surface area (Å²) >= 11 is 0. The molecule has 1 spiro atoms. The van der Waals surface area contributed by atoms with Gasteiger partial charge in [0.1, 0.15) is 37.3 Å². The highest BCUT2D eigenvalue weighted by molar-refractivity contribution is 5.84. The van der Waals surface area contributed by atoms with Gasteiger partial charge in [-0.25, -0.2) is 9.59 Å². The highest BCUT2D eigenvalue weighted by Crippen LogP contribution is 2.71. The van der Waals surface area contributed by atoms with Crippen molar-refractivity contribution in [3.05, 3.63) is 0 Å². The van der Waals surface area contributed by atoms with Crippen LogP contribution in [0.25, 0.3) is 0 Å². The number of ether oxygens (including phenoxy) is 13. The first-order valence-corrected chi connectivity index (χ1v) is 30.1. The number of ketones is 1. The van der Waals surface area contributed by atoms with E-state index in [-0.39, 0.29) is 46.5 Å². The van der Waals surface area contributed by atoms with Crippen LogP contribution in [0.2, 0.25) is 0 Å². The molecule has 10 rings (SSSR count). The van der Waals surface area contributed by atoms with Crippen molar-refractivity contribution in [3.8, 4) is 0 Å². The van der Waals surface area contributed by atoms with Gasteiger partial charge in [0.15, 0.2) is 48.9 Å². The van der Waals surface area contributed by atoms with Crippen LogP contribution < -0.4 is 0 Å². The molecule has 6 aliphatic heterocycles. The first-order chi connectivity index (χ1) is 39.0. The van der Waals surface area contributed by atoms with E-state index in [0.29, 0.717) is 76.1 Å². The lowest BCUT2D eigenvalue weighted by molar-refractivity contribution is -0.365. The lowest BCUT2D eigenvalue weighted by Gasteiger charge is -2.60. The standard InChI is InChI=1S/C59H86N2O21/c1-30-16-19-59(72-27-30)31(2)45-42(82-59)25-40-39-15-14-37-24-38(17-18-57(37,8)46(39)41(67)26-58(40,45)9)78-53-51(76-35(6)65)50(75-34(5)64)48(44(79-53)29-71-56(69)61-22-12-13-23-61)81-54-52(77-36(7)66)49(74-33(4)63)47(73-32(3)62)43(80-54)28-70-55(68)60-20-10-11-21-60/h30-31,37-40,42-54H,10-29H2,1-9H3/t30-,31?,37+,38+,39+,40+,42?,43-,44-,45?,46-,47-,48-,49+,50+,51-,52-,53-,54+,57+,58+,59-/m1/s1. The molecule has 4 aliphatic carbocycles. The van der Waals surface area contributed by atoms with E-state index in [1.807, 2.05) is 0 Å². The minimum absolute atomic E-state index is 0.0458. The number of amides is 2. The molecule has 10 fully saturated rings. The van der Waals surface area contributed by atoms with Gasteiger partial charge in [0.2, 0.25) is 0 Å². The molecule has 23 nitrogen and oxygen atoms in total. The first kappa shape index (κ1) is 60.4. The van der Waals surface area contributed by atoms with Gasteiger partial charge in [-0.1, -0.05) is 27.7 Å². The molecule has 0 aromatic heterocycles. The van der Waals surface area contributed by atoms with E-state index in [2.05, 4.69) is 27.7 Å². The summed E-state index contributed by atoms with van der Waals surface area (Å²) in [6, 6.07) is 0. The second kappa shape index (κ2) is 24.4. The number of Topliss-reactive ketones (excluding diaryl/α,β-unsaturated/α-hetero) is 1. The molecule has 458 valence electrons. The Labute approximate surface area is 479 Å². The number of carbonyl (C=O) groups excluding carboxylic acids is 8. The van der Waals surface area contributed by atoms with Crippen LogP contribution in [-0.2, 0) is 90.3 Å². The van der Waals surface area contributed by atoms with Crippen LogP contribution in [0.3, 0.4) is 0 Å². The fraction of sp³-hybridized carbons (Fsp3) is 0.864. The third kappa shape index (κ3) is 12.0. The van der Waals surface area contributed by atoms with Crippen molar-refractivity contribution in [3.63, 3.8) is 0 Å². The van der Waals surface area contributed by atoms with E-state index < -0.39 is 129 Å². The molecule has 2 amide bonds. The predicted molar refractivity (Wildman–Crippen MR) is 281 cm³/mol. The first-order valence-electron chi connectivity index (χ1n) is 30.1. The van der Waals surface area contributed by atoms with Gasteiger partial charge >= 0.3 is 42.0 Å². The smallest absolute Gasteiger partial charge is 0.409 e. The van der Waals surface area contributed by atoms with Gasteiger partial charge in [-0.15, -0.1) is 0 Å². The third-order valence-corrected chi connectivity index (χ3v) is 20.3. The Morgan fingerprint density at radius 2 is 1.10 bits per heavy atom. The topological polar surface area (TPSA) is 263 Å². The fourth-order valence-electron chi connectivity index (χ4n) is 16.8. The third-order valence-electron chi connectivity index (χ3n) is 20.3. The highest BCUT2D eigenvalue weighted by Gasteiger charge is 2.71. The minimum atomic E-state index is -1.83. The summed E-state index contributed by atoms with van der Waals surface area (Å²) in [5.41, 5.74) is -0.527. The van der Waals surface area contributed by atoms with Crippen molar-refractivity contribution in [2.24, 2.45) is 52.3 Å². The van der Waals surface area contributed by atoms with E-state index in [4.69, 9.17) is 61.6 Å². The van der Waals surface area contributed by atoms with Gasteiger partial charge in [-0.2, -0.15) is 0 Å². The summed E-state index contributed by atoms with van der Waals surface area (Å²) in [5.74, 6) is -3.14. The van der Waals surface area contributed by atoms with Crippen LogP contribution in [0.15, 0.2) is 0 Å². The molecule has 22 atom stereocenters. The molecule has 6 heterocycles. The summed E-state index contributed by atoms with van der Waals surface area (Å²) in [6.07, 6.45) is -7.72. The minimum Gasteiger partial charge on any atom is -0.455 e. The Kier molecular flexibility index (Phi) is 18.0. The van der Waals surface area contributed by atoms with E-state index >= 15 is 0 Å². The van der Waals surface area contributed by atoms with Crippen molar-refractivity contribution in [2.75, 3.05) is 46.0 Å². The monoisotopic (exact) mass is 1160 g/mol. The van der Waals surface area contributed by atoms with Gasteiger partial charge < -0.3 is 71.4 Å². The van der Waals surface area contributed by atoms with Crippen LogP contribution in [-0.4, -0.2) is 183 Å². The fourth-order valence-corrected chi connectivity index (χ4v) is 16.8. The Balaban J connectivity index is 0.916. The summed E-state index contributed by atoms with van der Waals surface area (Å²) < 4.78 is 81.2. The molecule has 0 aromatic carbocycles. The molecule has 0 bridgehead atoms. The van der Waals surface area contributed by atoms with Gasteiger partial charge in [-0.3, -0.25) is 28.8 Å². The van der Waals surface area contributed by atoms with Gasteiger partial charge in [-0.05, 0) is 111 Å². The highest BCUT2D eigenvalue weighted by atomic mass is 16.8. The number of hydrogen-bond acceptors (Lipinski definition) is 21. The largest absolute Gasteiger partial charge is 0.455 e. The quantitative estimate of drug-likeness (QED) is 0.117. The normalized spacial score (nSPS) is 43.1. The van der Waals surface area contributed by atoms with Crippen LogP contribution in [0.1, 0.15) is 146 Å². The number of nitrogens with zero attached hydrogens (tertiary/aromatic N) is 2. The van der Waals surface area contributed by atoms with Crippen LogP contribution in [0.4, 0.5) is 9.59 Å². The molecule has 3 unspecified atom stereocenters. The Morgan fingerprint density at radius 3 is 1.63 bits per heavy atom. The van der Waals surface area contributed by atoms with Gasteiger partial charge in [0.25, 0.3) is 0 Å². The number of esters is 5. The molecular formula is C59H86N2O21. The zero-order valence-corrected chi connectivity index (χ0v) is 49.1. The predicted octanol–water partition coefficient (Wildman–Crippen LogP) is 5.96. The van der Waals surface area contributed by atoms with E-state index in [1.165, 1.54) is 16.7 Å². The number of likely N-dealkylation sites (tertiary alicyclic amines) is 2. The number of carbonyl (C=O) groups is 8. The number of hydrogen-bond donors (Lipinski definition) is 0. The zero-order valence-electron chi connectivity index (χ0n) is 49.1. The SMILES string of the molecule is CC(=O)O[C@@H]1[C@@H](OC(C)=O)[C@H](O[C@H]2[C@H](OC(C)=O)[C@@H](OC(C)=O)[C@H](O[C@H]3CC[C@@]4(C)[C@@H](CC[C@@H]5[C@@H]4C(=O)C[C@]4(C)C6C(C[C@@H]54)O[C@]4(CC[C@@H](C)CO4)C6C)C3)O[C@@H]2COC(=O)N2CCCC2)O[C@H](COC(=O)N2CCCC2)[C@H]1OC(C)=O. The second-order valence-electron chi connectivity index (χ2n) is 25.8. The lowest BCUT2D eigenvalue weighted by Crippen LogP contribution is -2.67. The van der Waals surface area contributed by atoms with Gasteiger partial charge in [0, 0.05) is 85.5 Å². The van der Waals surface area contributed by atoms with E-state index in [9.17, 15) is 38.4 Å². The Bertz CT molecular complexity index is 2400. The van der Waals surface area contributed by atoms with E-state index in [0.717, 1.165) is 85.5 Å². The molecule has 82 heavy (non-hydrogen) atoms. The maximum Gasteiger partial charge on any atom is 0.409 e. The number of rotatable bonds is 13. The summed E-state index contributed by atoms with van der Waals surface area (Å²) in [6.45, 7) is 16.1. The maximum atomic E-state index is 15.0. The Morgan fingerprint density at radius 1 is 0.585 bits per heavy atom. The molecule has 10 aliphatic rings. The van der Waals surface area contributed by atoms with Crippen LogP contribution >= 0.6 is 0 Å².